The van der Waals surface area contributed by atoms with Crippen LogP contribution < -0.4 is 0 Å². The zero-order valence-electron chi connectivity index (χ0n) is 36.7. The van der Waals surface area contributed by atoms with E-state index in [0.29, 0.717) is 28.2 Å². The van der Waals surface area contributed by atoms with Crippen molar-refractivity contribution in [3.63, 3.8) is 0 Å². The van der Waals surface area contributed by atoms with Crippen molar-refractivity contribution in [2.75, 3.05) is 0 Å². The lowest BCUT2D eigenvalue weighted by Gasteiger charge is -2.26. The first-order valence-corrected chi connectivity index (χ1v) is 22.3. The standard InChI is InChI=1S/C60H39N5O/c1-34-17-22-51-42(27-34)43-28-35(2)18-23-52(43)64(51)59-47(32-61)58(63-49-14-8-5-11-39(49)40-12-6-9-15-50(40)63)48(33-62)60(57(59)38-21-26-56-46(31-38)41-13-7-10-16-55(41)66-56)65-53-24-19-36(3)29-44(53)45-30-37(4)20-25-54(45)65/h5-31H,1-4H3. The fraction of sp³-hybridized carbons (Fsp3) is 0.0667. The molecule has 13 rings (SSSR count). The summed E-state index contributed by atoms with van der Waals surface area (Å²) in [6.45, 7) is 8.50. The molecule has 0 aliphatic rings. The molecule has 9 aromatic carbocycles. The van der Waals surface area contributed by atoms with E-state index in [4.69, 9.17) is 4.42 Å². The molecule has 66 heavy (non-hydrogen) atoms. The fourth-order valence-electron chi connectivity index (χ4n) is 10.9. The summed E-state index contributed by atoms with van der Waals surface area (Å²) >= 11 is 0. The van der Waals surface area contributed by atoms with E-state index in [1.165, 1.54) is 0 Å². The molecule has 0 atom stereocenters. The first kappa shape index (κ1) is 37.7. The Hall–Kier alpha value is -8.84. The summed E-state index contributed by atoms with van der Waals surface area (Å²) in [5.41, 5.74) is 16.1. The molecule has 13 aromatic rings. The minimum atomic E-state index is 0.390. The zero-order valence-corrected chi connectivity index (χ0v) is 36.7. The van der Waals surface area contributed by atoms with Crippen molar-refractivity contribution in [3.8, 4) is 40.3 Å². The molecule has 6 heteroatoms. The van der Waals surface area contributed by atoms with E-state index in [1.54, 1.807) is 0 Å². The highest BCUT2D eigenvalue weighted by Crippen LogP contribution is 2.50. The van der Waals surface area contributed by atoms with Crippen molar-refractivity contribution in [3.05, 3.63) is 197 Å². The number of nitriles is 2. The summed E-state index contributed by atoms with van der Waals surface area (Å²) in [7, 11) is 0. The van der Waals surface area contributed by atoms with Gasteiger partial charge in [-0.05, 0) is 112 Å². The smallest absolute Gasteiger partial charge is 0.135 e. The van der Waals surface area contributed by atoms with E-state index in [0.717, 1.165) is 121 Å². The first-order valence-electron chi connectivity index (χ1n) is 22.3. The monoisotopic (exact) mass is 845 g/mol. The third-order valence-corrected chi connectivity index (χ3v) is 13.7. The molecule has 0 saturated carbocycles. The van der Waals surface area contributed by atoms with Gasteiger partial charge in [-0.15, -0.1) is 0 Å². The van der Waals surface area contributed by atoms with Crippen molar-refractivity contribution in [1.82, 2.24) is 13.7 Å². The maximum Gasteiger partial charge on any atom is 0.135 e. The van der Waals surface area contributed by atoms with E-state index in [-0.39, 0.29) is 0 Å². The predicted octanol–water partition coefficient (Wildman–Crippen LogP) is 15.5. The maximum absolute atomic E-state index is 12.2. The quantitative estimate of drug-likeness (QED) is 0.177. The van der Waals surface area contributed by atoms with Gasteiger partial charge < -0.3 is 18.1 Å². The van der Waals surface area contributed by atoms with Crippen molar-refractivity contribution in [2.45, 2.75) is 27.7 Å². The van der Waals surface area contributed by atoms with Crippen LogP contribution in [0.1, 0.15) is 33.4 Å². The second-order valence-corrected chi connectivity index (χ2v) is 17.8. The largest absolute Gasteiger partial charge is 0.456 e. The topological polar surface area (TPSA) is 75.5 Å². The van der Waals surface area contributed by atoms with E-state index >= 15 is 0 Å². The van der Waals surface area contributed by atoms with Crippen LogP contribution in [0.4, 0.5) is 0 Å². The molecule has 0 bridgehead atoms. The number of furan rings is 1. The average Bonchev–Trinajstić information content (AvgIpc) is 4.06. The minimum Gasteiger partial charge on any atom is -0.456 e. The number of rotatable bonds is 4. The van der Waals surface area contributed by atoms with Gasteiger partial charge in [0.2, 0.25) is 0 Å². The normalized spacial score (nSPS) is 11.9. The molecule has 0 N–H and O–H groups in total. The molecule has 0 unspecified atom stereocenters. The molecule has 0 aliphatic heterocycles. The van der Waals surface area contributed by atoms with Gasteiger partial charge in [0.15, 0.2) is 0 Å². The summed E-state index contributed by atoms with van der Waals surface area (Å²) in [5, 5.41) is 32.7. The van der Waals surface area contributed by atoms with Crippen LogP contribution in [0, 0.1) is 50.4 Å². The molecule has 0 saturated heterocycles. The number of hydrogen-bond acceptors (Lipinski definition) is 3. The Morgan fingerprint density at radius 1 is 0.348 bits per heavy atom. The number of fused-ring (bicyclic) bond motifs is 12. The van der Waals surface area contributed by atoms with Gasteiger partial charge in [-0.2, -0.15) is 10.5 Å². The molecule has 0 aliphatic carbocycles. The van der Waals surface area contributed by atoms with Gasteiger partial charge >= 0.3 is 0 Å². The number of aryl methyl sites for hydroxylation is 4. The molecular formula is C60H39N5O. The average molecular weight is 846 g/mol. The summed E-state index contributed by atoms with van der Waals surface area (Å²) in [4.78, 5) is 0. The number of aromatic nitrogens is 3. The van der Waals surface area contributed by atoms with Crippen LogP contribution in [-0.2, 0) is 0 Å². The Balaban J connectivity index is 1.36. The van der Waals surface area contributed by atoms with Crippen molar-refractivity contribution >= 4 is 87.4 Å². The van der Waals surface area contributed by atoms with Gasteiger partial charge in [-0.1, -0.05) is 107 Å². The first-order chi connectivity index (χ1) is 32.3. The highest BCUT2D eigenvalue weighted by atomic mass is 16.3. The Morgan fingerprint density at radius 2 is 0.727 bits per heavy atom. The van der Waals surface area contributed by atoms with Gasteiger partial charge in [0.05, 0.1) is 50.2 Å². The zero-order chi connectivity index (χ0) is 44.5. The predicted molar refractivity (Wildman–Crippen MR) is 271 cm³/mol. The molecule has 4 aromatic heterocycles. The van der Waals surface area contributed by atoms with Gasteiger partial charge in [0.25, 0.3) is 0 Å². The molecule has 0 spiro atoms. The number of para-hydroxylation sites is 3. The minimum absolute atomic E-state index is 0.390. The van der Waals surface area contributed by atoms with E-state index < -0.39 is 0 Å². The van der Waals surface area contributed by atoms with Crippen LogP contribution in [0.2, 0.25) is 0 Å². The van der Waals surface area contributed by atoms with Crippen LogP contribution in [0.5, 0.6) is 0 Å². The SMILES string of the molecule is Cc1ccc2c(c1)c1cc(C)ccc1n2-c1c(C#N)c(-n2c3ccccc3c3ccccc32)c(C#N)c(-n2c3ccc(C)cc3c3cc(C)ccc32)c1-c1ccc2oc3ccccc3c2c1. The van der Waals surface area contributed by atoms with Crippen molar-refractivity contribution in [2.24, 2.45) is 0 Å². The summed E-state index contributed by atoms with van der Waals surface area (Å²) in [6, 6.07) is 63.0. The maximum atomic E-state index is 12.2. The van der Waals surface area contributed by atoms with E-state index in [9.17, 15) is 10.5 Å². The molecule has 0 fully saturated rings. The number of benzene rings is 9. The second kappa shape index (κ2) is 13.8. The van der Waals surface area contributed by atoms with Crippen LogP contribution in [0.25, 0.3) is 116 Å². The van der Waals surface area contributed by atoms with Crippen LogP contribution in [-0.4, -0.2) is 13.7 Å². The molecule has 310 valence electrons. The molecular weight excluding hydrogens is 807 g/mol. The Morgan fingerprint density at radius 3 is 1.18 bits per heavy atom. The lowest BCUT2D eigenvalue weighted by atomic mass is 9.90. The molecule has 4 heterocycles. The summed E-state index contributed by atoms with van der Waals surface area (Å²) < 4.78 is 13.2. The fourth-order valence-corrected chi connectivity index (χ4v) is 10.9. The van der Waals surface area contributed by atoms with Crippen LogP contribution in [0.15, 0.2) is 168 Å². The van der Waals surface area contributed by atoms with Gasteiger partial charge in [-0.3, -0.25) is 0 Å². The van der Waals surface area contributed by atoms with Crippen molar-refractivity contribution < 1.29 is 4.42 Å². The van der Waals surface area contributed by atoms with Gasteiger partial charge in [0, 0.05) is 48.7 Å². The number of nitrogens with zero attached hydrogens (tertiary/aromatic N) is 5. The highest BCUT2D eigenvalue weighted by molar-refractivity contribution is 6.16. The van der Waals surface area contributed by atoms with Crippen LogP contribution >= 0.6 is 0 Å². The Kier molecular flexibility index (Phi) is 7.90. The second-order valence-electron chi connectivity index (χ2n) is 17.8. The Bertz CT molecular complexity index is 4030. The lowest BCUT2D eigenvalue weighted by molar-refractivity contribution is 0.669. The lowest BCUT2D eigenvalue weighted by Crippen LogP contribution is -2.14. The number of hydrogen-bond donors (Lipinski definition) is 0. The van der Waals surface area contributed by atoms with Gasteiger partial charge in [0.1, 0.15) is 34.4 Å². The van der Waals surface area contributed by atoms with Gasteiger partial charge in [-0.25, -0.2) is 0 Å². The Labute approximate surface area is 379 Å². The van der Waals surface area contributed by atoms with E-state index in [2.05, 4.69) is 181 Å². The summed E-state index contributed by atoms with van der Waals surface area (Å²) in [6.07, 6.45) is 0. The third kappa shape index (κ3) is 5.16. The molecule has 6 nitrogen and oxygen atoms in total. The highest BCUT2D eigenvalue weighted by Gasteiger charge is 2.33. The van der Waals surface area contributed by atoms with Crippen molar-refractivity contribution in [1.29, 1.82) is 10.5 Å². The molecule has 0 amide bonds. The third-order valence-electron chi connectivity index (χ3n) is 13.7. The summed E-state index contributed by atoms with van der Waals surface area (Å²) in [5.74, 6) is 0. The van der Waals surface area contributed by atoms with E-state index in [1.807, 2.05) is 36.4 Å². The van der Waals surface area contributed by atoms with Crippen LogP contribution in [0.3, 0.4) is 0 Å². The molecule has 0 radical (unpaired) electrons.